The second-order valence-electron chi connectivity index (χ2n) is 6.46. The third-order valence-electron chi connectivity index (χ3n) is 4.30. The van der Waals surface area contributed by atoms with Crippen molar-refractivity contribution in [3.8, 4) is 6.07 Å². The van der Waals surface area contributed by atoms with Gasteiger partial charge in [0.25, 0.3) is 5.91 Å². The van der Waals surface area contributed by atoms with E-state index >= 15 is 0 Å². The van der Waals surface area contributed by atoms with Crippen molar-refractivity contribution in [2.75, 3.05) is 26.8 Å². The number of carbonyl (C=O) groups is 1. The quantitative estimate of drug-likeness (QED) is 0.504. The number of hydrogen-bond acceptors (Lipinski definition) is 3. The first-order valence-corrected chi connectivity index (χ1v) is 8.99. The number of nitrogens with zero attached hydrogens (tertiary/aromatic N) is 3. The number of nitriles is 1. The van der Waals surface area contributed by atoms with Crippen LogP contribution in [0.15, 0.2) is 11.6 Å². The first-order chi connectivity index (χ1) is 11.9. The Hall–Kier alpha value is -2.06. The average molecular weight is 345 g/mol. The molecular formula is C20H31N3O2. The number of ether oxygens (including phenoxy) is 1. The van der Waals surface area contributed by atoms with Gasteiger partial charge >= 0.3 is 0 Å². The SMILES string of the molecule is CCCN(CCC)C(=O)/C(C#N)=C/c1cc(C)n(C(C)COC)c1C. The number of amides is 1. The number of methoxy groups -OCH3 is 1. The van der Waals surface area contributed by atoms with Crippen LogP contribution in [0.3, 0.4) is 0 Å². The standard InChI is InChI=1S/C20H31N3O2/c1-7-9-22(10-8-2)20(24)19(13-21)12-18-11-15(3)23(17(18)5)16(4)14-25-6/h11-12,16H,7-10,14H2,1-6H3/b19-12+. The number of hydrogen-bond donors (Lipinski definition) is 0. The summed E-state index contributed by atoms with van der Waals surface area (Å²) in [6.07, 6.45) is 3.49. The Morgan fingerprint density at radius 2 is 1.96 bits per heavy atom. The lowest BCUT2D eigenvalue weighted by Gasteiger charge is -2.21. The number of rotatable bonds is 9. The molecule has 0 bridgehead atoms. The molecule has 0 aromatic carbocycles. The van der Waals surface area contributed by atoms with E-state index in [1.807, 2.05) is 33.8 Å². The molecule has 1 aromatic heterocycles. The van der Waals surface area contributed by atoms with Gasteiger partial charge in [-0.15, -0.1) is 0 Å². The van der Waals surface area contributed by atoms with Gasteiger partial charge < -0.3 is 14.2 Å². The van der Waals surface area contributed by atoms with Gasteiger partial charge in [-0.05, 0) is 51.3 Å². The normalized spacial score (nSPS) is 12.8. The largest absolute Gasteiger partial charge is 0.383 e. The fourth-order valence-electron chi connectivity index (χ4n) is 3.27. The van der Waals surface area contributed by atoms with E-state index in [9.17, 15) is 10.1 Å². The Morgan fingerprint density at radius 1 is 1.36 bits per heavy atom. The second-order valence-corrected chi connectivity index (χ2v) is 6.46. The first kappa shape index (κ1) is 21.0. The van der Waals surface area contributed by atoms with Crippen molar-refractivity contribution in [1.82, 2.24) is 9.47 Å². The van der Waals surface area contributed by atoms with Crippen molar-refractivity contribution in [1.29, 1.82) is 5.26 Å². The highest BCUT2D eigenvalue weighted by Gasteiger charge is 2.19. The Kier molecular flexibility index (Phi) is 8.44. The van der Waals surface area contributed by atoms with Crippen LogP contribution in [-0.4, -0.2) is 42.2 Å². The van der Waals surface area contributed by atoms with Crippen LogP contribution < -0.4 is 0 Å². The number of aromatic nitrogens is 1. The Bertz CT molecular complexity index is 647. The molecule has 0 saturated heterocycles. The molecular weight excluding hydrogens is 314 g/mol. The summed E-state index contributed by atoms with van der Waals surface area (Å²) >= 11 is 0. The zero-order chi connectivity index (χ0) is 19.0. The molecule has 0 aliphatic heterocycles. The predicted octanol–water partition coefficient (Wildman–Crippen LogP) is 3.87. The summed E-state index contributed by atoms with van der Waals surface area (Å²) in [6.45, 7) is 12.2. The Balaban J connectivity index is 3.20. The molecule has 0 saturated carbocycles. The van der Waals surface area contributed by atoms with Crippen LogP contribution >= 0.6 is 0 Å². The van der Waals surface area contributed by atoms with Gasteiger partial charge in [0.15, 0.2) is 0 Å². The molecule has 5 nitrogen and oxygen atoms in total. The lowest BCUT2D eigenvalue weighted by atomic mass is 10.1. The van der Waals surface area contributed by atoms with Gasteiger partial charge in [0.1, 0.15) is 11.6 Å². The van der Waals surface area contributed by atoms with Crippen molar-refractivity contribution < 1.29 is 9.53 Å². The maximum Gasteiger partial charge on any atom is 0.264 e. The summed E-state index contributed by atoms with van der Waals surface area (Å²) in [5, 5.41) is 9.51. The van der Waals surface area contributed by atoms with Gasteiger partial charge in [-0.2, -0.15) is 5.26 Å². The second kappa shape index (κ2) is 10.0. The molecule has 138 valence electrons. The molecule has 0 aliphatic rings. The number of aryl methyl sites for hydroxylation is 1. The van der Waals surface area contributed by atoms with Gasteiger partial charge in [0, 0.05) is 31.6 Å². The highest BCUT2D eigenvalue weighted by atomic mass is 16.5. The molecule has 25 heavy (non-hydrogen) atoms. The first-order valence-electron chi connectivity index (χ1n) is 8.99. The van der Waals surface area contributed by atoms with E-state index in [2.05, 4.69) is 17.6 Å². The van der Waals surface area contributed by atoms with E-state index in [1.165, 1.54) is 0 Å². The number of carbonyl (C=O) groups excluding carboxylic acids is 1. The highest BCUT2D eigenvalue weighted by Crippen LogP contribution is 2.23. The van der Waals surface area contributed by atoms with Crippen molar-refractivity contribution in [3.05, 3.63) is 28.6 Å². The van der Waals surface area contributed by atoms with Gasteiger partial charge in [-0.1, -0.05) is 13.8 Å². The zero-order valence-corrected chi connectivity index (χ0v) is 16.4. The lowest BCUT2D eigenvalue weighted by molar-refractivity contribution is -0.126. The third-order valence-corrected chi connectivity index (χ3v) is 4.30. The molecule has 1 amide bonds. The summed E-state index contributed by atoms with van der Waals surface area (Å²) < 4.78 is 7.44. The third kappa shape index (κ3) is 5.20. The van der Waals surface area contributed by atoms with Crippen molar-refractivity contribution in [2.45, 2.75) is 53.5 Å². The van der Waals surface area contributed by atoms with Crippen molar-refractivity contribution in [3.63, 3.8) is 0 Å². The fraction of sp³-hybridized carbons (Fsp3) is 0.600. The van der Waals surface area contributed by atoms with E-state index in [-0.39, 0.29) is 17.5 Å². The van der Waals surface area contributed by atoms with E-state index in [4.69, 9.17) is 4.74 Å². The van der Waals surface area contributed by atoms with Crippen LogP contribution in [0.25, 0.3) is 6.08 Å². The molecule has 1 atom stereocenters. The van der Waals surface area contributed by atoms with Crippen LogP contribution in [0.4, 0.5) is 0 Å². The molecule has 1 heterocycles. The predicted molar refractivity (Wildman–Crippen MR) is 101 cm³/mol. The summed E-state index contributed by atoms with van der Waals surface area (Å²) in [7, 11) is 1.69. The smallest absolute Gasteiger partial charge is 0.264 e. The van der Waals surface area contributed by atoms with Crippen molar-refractivity contribution in [2.24, 2.45) is 0 Å². The van der Waals surface area contributed by atoms with Gasteiger partial charge in [-0.3, -0.25) is 4.79 Å². The zero-order valence-electron chi connectivity index (χ0n) is 16.4. The van der Waals surface area contributed by atoms with Crippen LogP contribution in [-0.2, 0) is 9.53 Å². The van der Waals surface area contributed by atoms with Gasteiger partial charge in [-0.25, -0.2) is 0 Å². The average Bonchev–Trinajstić information content (AvgIpc) is 2.85. The minimum absolute atomic E-state index is 0.180. The van der Waals surface area contributed by atoms with E-state index in [0.717, 1.165) is 29.8 Å². The van der Waals surface area contributed by atoms with E-state index in [0.29, 0.717) is 19.7 Å². The molecule has 0 N–H and O–H groups in total. The fourth-order valence-corrected chi connectivity index (χ4v) is 3.27. The molecule has 0 radical (unpaired) electrons. The molecule has 0 aliphatic carbocycles. The molecule has 0 spiro atoms. The van der Waals surface area contributed by atoms with E-state index < -0.39 is 0 Å². The monoisotopic (exact) mass is 345 g/mol. The molecule has 0 fully saturated rings. The highest BCUT2D eigenvalue weighted by molar-refractivity contribution is 6.01. The minimum Gasteiger partial charge on any atom is -0.383 e. The molecule has 1 unspecified atom stereocenters. The summed E-state index contributed by atoms with van der Waals surface area (Å²) in [5.41, 5.74) is 3.25. The van der Waals surface area contributed by atoms with Crippen LogP contribution in [0, 0.1) is 25.2 Å². The maximum absolute atomic E-state index is 12.7. The Labute approximate surface area is 151 Å². The maximum atomic E-state index is 12.7. The van der Waals surface area contributed by atoms with Crippen LogP contribution in [0.2, 0.25) is 0 Å². The van der Waals surface area contributed by atoms with Crippen LogP contribution in [0.5, 0.6) is 0 Å². The summed E-state index contributed by atoms with van der Waals surface area (Å²) in [5.74, 6) is -0.180. The van der Waals surface area contributed by atoms with Gasteiger partial charge in [0.05, 0.1) is 12.6 Å². The van der Waals surface area contributed by atoms with Gasteiger partial charge in [0.2, 0.25) is 0 Å². The van der Waals surface area contributed by atoms with E-state index in [1.54, 1.807) is 18.1 Å². The minimum atomic E-state index is -0.180. The lowest BCUT2D eigenvalue weighted by Crippen LogP contribution is -2.33. The van der Waals surface area contributed by atoms with Crippen LogP contribution in [0.1, 0.15) is 56.6 Å². The Morgan fingerprint density at radius 3 is 2.44 bits per heavy atom. The summed E-state index contributed by atoms with van der Waals surface area (Å²) in [6, 6.07) is 4.32. The van der Waals surface area contributed by atoms with Crippen molar-refractivity contribution >= 4 is 12.0 Å². The molecule has 5 heteroatoms. The molecule has 1 aromatic rings. The topological polar surface area (TPSA) is 58.3 Å². The molecule has 1 rings (SSSR count). The summed E-state index contributed by atoms with van der Waals surface area (Å²) in [4.78, 5) is 14.5.